The Labute approximate surface area is 141 Å². The molecule has 0 amide bonds. The van der Waals surface area contributed by atoms with Gasteiger partial charge in [0.25, 0.3) is 0 Å². The van der Waals surface area contributed by atoms with Gasteiger partial charge in [-0.2, -0.15) is 4.98 Å². The van der Waals surface area contributed by atoms with E-state index in [4.69, 9.17) is 9.40 Å². The van der Waals surface area contributed by atoms with Crippen LogP contribution < -0.4 is 10.2 Å². The number of nitrogens with one attached hydrogen (secondary N) is 1. The second kappa shape index (κ2) is 6.07. The molecule has 1 N–H and O–H groups in total. The van der Waals surface area contributed by atoms with E-state index in [1.54, 1.807) is 12.5 Å². The number of anilines is 2. The third-order valence-electron chi connectivity index (χ3n) is 4.88. The van der Waals surface area contributed by atoms with E-state index in [0.717, 1.165) is 42.9 Å². The van der Waals surface area contributed by atoms with Gasteiger partial charge < -0.3 is 24.5 Å². The third kappa shape index (κ3) is 2.85. The Kier molecular flexibility index (Phi) is 3.90. The van der Waals surface area contributed by atoms with Crippen molar-refractivity contribution < 1.29 is 9.06 Å². The molecule has 2 aliphatic heterocycles. The fraction of sp³-hybridized carbons (Fsp3) is 0.529. The lowest BCUT2D eigenvalue weighted by molar-refractivity contribution is -0.907. The molecule has 7 heteroatoms. The minimum Gasteiger partial charge on any atom is -0.632 e. The fourth-order valence-electron chi connectivity index (χ4n) is 3.90. The number of hydrogen-bond acceptors (Lipinski definition) is 6. The van der Waals surface area contributed by atoms with Crippen LogP contribution in [0.3, 0.4) is 0 Å². The van der Waals surface area contributed by atoms with Gasteiger partial charge in [-0.05, 0) is 25.8 Å². The van der Waals surface area contributed by atoms with E-state index in [2.05, 4.69) is 15.2 Å². The van der Waals surface area contributed by atoms with Crippen LogP contribution in [0.15, 0.2) is 29.2 Å². The van der Waals surface area contributed by atoms with Gasteiger partial charge in [-0.3, -0.25) is 0 Å². The first-order chi connectivity index (χ1) is 11.7. The van der Waals surface area contributed by atoms with Crippen LogP contribution in [0.5, 0.6) is 0 Å². The number of nitrogens with zero attached hydrogens (tertiary/aromatic N) is 4. The van der Waals surface area contributed by atoms with E-state index >= 15 is 0 Å². The first-order valence-corrected chi connectivity index (χ1v) is 8.61. The number of furan rings is 1. The summed E-state index contributed by atoms with van der Waals surface area (Å²) in [6, 6.07) is 2.13. The quantitative estimate of drug-likeness (QED) is 0.686. The van der Waals surface area contributed by atoms with Gasteiger partial charge >= 0.3 is 0 Å². The Morgan fingerprint density at radius 2 is 2.42 bits per heavy atom. The Bertz CT molecular complexity index is 705. The van der Waals surface area contributed by atoms with Crippen LogP contribution >= 0.6 is 0 Å². The smallest absolute Gasteiger partial charge is 0.224 e. The predicted molar refractivity (Wildman–Crippen MR) is 91.2 cm³/mol. The Morgan fingerprint density at radius 1 is 1.50 bits per heavy atom. The second-order valence-corrected chi connectivity index (χ2v) is 6.75. The van der Waals surface area contributed by atoms with E-state index in [1.807, 2.05) is 19.2 Å². The third-order valence-corrected chi connectivity index (χ3v) is 4.88. The van der Waals surface area contributed by atoms with Crippen molar-refractivity contribution in [3.63, 3.8) is 0 Å². The summed E-state index contributed by atoms with van der Waals surface area (Å²) in [4.78, 5) is 11.4. The van der Waals surface area contributed by atoms with E-state index in [1.165, 1.54) is 0 Å². The molecular weight excluding hydrogens is 306 g/mol. The largest absolute Gasteiger partial charge is 0.632 e. The van der Waals surface area contributed by atoms with Crippen molar-refractivity contribution in [1.82, 2.24) is 9.97 Å². The van der Waals surface area contributed by atoms with Crippen molar-refractivity contribution in [1.29, 1.82) is 0 Å². The number of hydroxylamine groups is 3. The highest BCUT2D eigenvalue weighted by molar-refractivity contribution is 5.51. The molecule has 0 spiro atoms. The zero-order valence-electron chi connectivity index (χ0n) is 13.9. The molecule has 4 heterocycles. The molecule has 0 aromatic carbocycles. The van der Waals surface area contributed by atoms with Crippen molar-refractivity contribution >= 4 is 11.8 Å². The lowest BCUT2D eigenvalue weighted by Gasteiger charge is -2.43. The normalized spacial score (nSPS) is 25.9. The Balaban J connectivity index is 1.69. The summed E-state index contributed by atoms with van der Waals surface area (Å²) in [5.41, 5.74) is 1.89. The molecule has 2 aromatic heterocycles. The first kappa shape index (κ1) is 15.4. The van der Waals surface area contributed by atoms with Gasteiger partial charge in [-0.25, -0.2) is 4.98 Å². The van der Waals surface area contributed by atoms with E-state index < -0.39 is 0 Å². The molecule has 4 rings (SSSR count). The van der Waals surface area contributed by atoms with Crippen molar-refractivity contribution in [2.45, 2.75) is 38.9 Å². The zero-order chi connectivity index (χ0) is 16.6. The van der Waals surface area contributed by atoms with Crippen LogP contribution in [0.1, 0.15) is 30.9 Å². The summed E-state index contributed by atoms with van der Waals surface area (Å²) >= 11 is 0. The molecule has 0 radical (unpaired) electrons. The van der Waals surface area contributed by atoms with E-state index in [-0.39, 0.29) is 10.7 Å². The van der Waals surface area contributed by atoms with Crippen LogP contribution in [0.4, 0.5) is 11.8 Å². The molecule has 0 aliphatic carbocycles. The number of quaternary nitrogens is 1. The molecule has 2 atom stereocenters. The monoisotopic (exact) mass is 329 g/mol. The van der Waals surface area contributed by atoms with Crippen molar-refractivity contribution in [3.8, 4) is 0 Å². The number of hydrogen-bond donors (Lipinski definition) is 1. The summed E-state index contributed by atoms with van der Waals surface area (Å²) in [7, 11) is 0. The van der Waals surface area contributed by atoms with Crippen molar-refractivity contribution in [2.24, 2.45) is 0 Å². The topological polar surface area (TPSA) is 77.2 Å². The van der Waals surface area contributed by atoms with Gasteiger partial charge in [-0.15, -0.1) is 0 Å². The summed E-state index contributed by atoms with van der Waals surface area (Å²) in [6.07, 6.45) is 7.27. The predicted octanol–water partition coefficient (Wildman–Crippen LogP) is 2.50. The molecule has 1 fully saturated rings. The lowest BCUT2D eigenvalue weighted by atomic mass is 10.2. The molecule has 128 valence electrons. The first-order valence-electron chi connectivity index (χ1n) is 8.61. The second-order valence-electron chi connectivity index (χ2n) is 6.75. The van der Waals surface area contributed by atoms with Gasteiger partial charge in [0.05, 0.1) is 30.7 Å². The van der Waals surface area contributed by atoms with Gasteiger partial charge in [-0.1, -0.05) is 0 Å². The SMILES string of the molecule is CCNc1ncc2c(n1)N1CCCC1C[N+]([O-])(Cc1ccoc1)C2. The number of fused-ring (bicyclic) bond motifs is 3. The summed E-state index contributed by atoms with van der Waals surface area (Å²) in [6.45, 7) is 5.18. The van der Waals surface area contributed by atoms with Gasteiger partial charge in [0.2, 0.25) is 5.95 Å². The molecular formula is C17H23N5O2. The Hall–Kier alpha value is -2.12. The van der Waals surface area contributed by atoms with Crippen LogP contribution in [-0.2, 0) is 13.1 Å². The zero-order valence-corrected chi connectivity index (χ0v) is 13.9. The highest BCUT2D eigenvalue weighted by Gasteiger charge is 2.38. The highest BCUT2D eigenvalue weighted by atomic mass is 16.5. The lowest BCUT2D eigenvalue weighted by Crippen LogP contribution is -2.47. The maximum Gasteiger partial charge on any atom is 0.224 e. The molecule has 2 aliphatic rings. The Morgan fingerprint density at radius 3 is 3.21 bits per heavy atom. The molecule has 2 aromatic rings. The average Bonchev–Trinajstić information content (AvgIpc) is 3.19. The van der Waals surface area contributed by atoms with Crippen LogP contribution in [0.2, 0.25) is 0 Å². The van der Waals surface area contributed by atoms with Gasteiger partial charge in [0, 0.05) is 24.8 Å². The van der Waals surface area contributed by atoms with Crippen molar-refractivity contribution in [3.05, 3.63) is 41.1 Å². The summed E-state index contributed by atoms with van der Waals surface area (Å²) in [5, 5.41) is 16.7. The average molecular weight is 329 g/mol. The maximum atomic E-state index is 13.5. The number of aromatic nitrogens is 2. The van der Waals surface area contributed by atoms with Crippen LogP contribution in [0.25, 0.3) is 0 Å². The maximum absolute atomic E-state index is 13.5. The van der Waals surface area contributed by atoms with Crippen LogP contribution in [0, 0.1) is 5.21 Å². The molecule has 2 unspecified atom stereocenters. The van der Waals surface area contributed by atoms with Crippen LogP contribution in [-0.4, -0.2) is 40.3 Å². The highest BCUT2D eigenvalue weighted by Crippen LogP contribution is 2.35. The van der Waals surface area contributed by atoms with Crippen molar-refractivity contribution in [2.75, 3.05) is 29.9 Å². The summed E-state index contributed by atoms with van der Waals surface area (Å²) < 4.78 is 4.86. The molecule has 0 saturated carbocycles. The number of rotatable bonds is 4. The van der Waals surface area contributed by atoms with Gasteiger partial charge in [0.1, 0.15) is 18.9 Å². The van der Waals surface area contributed by atoms with E-state index in [9.17, 15) is 5.21 Å². The van der Waals surface area contributed by atoms with Gasteiger partial charge in [0.15, 0.2) is 0 Å². The minimum absolute atomic E-state index is 0.250. The molecule has 24 heavy (non-hydrogen) atoms. The summed E-state index contributed by atoms with van der Waals surface area (Å²) in [5.74, 6) is 1.58. The molecule has 0 bridgehead atoms. The molecule has 7 nitrogen and oxygen atoms in total. The van der Waals surface area contributed by atoms with E-state index in [0.29, 0.717) is 25.6 Å². The molecule has 1 saturated heterocycles. The fourth-order valence-corrected chi connectivity index (χ4v) is 3.90. The minimum atomic E-state index is -0.280. The standard InChI is InChI=1S/C17H23N5O2/c1-2-18-17-19-8-14-10-22(23,9-13-5-7-24-12-13)11-15-4-3-6-21(15)16(14)20-17/h5,7-8,12,15H,2-4,6,9-11H2,1H3,(H,18,19,20).